The summed E-state index contributed by atoms with van der Waals surface area (Å²) >= 11 is 0. The molecule has 0 radical (unpaired) electrons. The Labute approximate surface area is 77.6 Å². The van der Waals surface area contributed by atoms with Crippen molar-refractivity contribution in [3.63, 3.8) is 0 Å². The van der Waals surface area contributed by atoms with E-state index in [1.165, 1.54) is 0 Å². The molecule has 5 nitrogen and oxygen atoms in total. The minimum absolute atomic E-state index is 0.440. The predicted molar refractivity (Wildman–Crippen MR) is 47.2 cm³/mol. The summed E-state index contributed by atoms with van der Waals surface area (Å²) in [4.78, 5) is 0. The van der Waals surface area contributed by atoms with E-state index in [1.807, 2.05) is 0 Å². The molecule has 13 heavy (non-hydrogen) atoms. The molecule has 1 aliphatic heterocycles. The fourth-order valence-corrected chi connectivity index (χ4v) is 6.85. The van der Waals surface area contributed by atoms with Gasteiger partial charge in [0.1, 0.15) is 0 Å². The number of rotatable bonds is 0. The Morgan fingerprint density at radius 2 is 1.23 bits per heavy atom. The van der Waals surface area contributed by atoms with Crippen LogP contribution in [0, 0.1) is 0 Å². The molecule has 1 aliphatic carbocycles. The first kappa shape index (κ1) is 9.42. The zero-order chi connectivity index (χ0) is 9.69. The van der Waals surface area contributed by atoms with Crippen LogP contribution < -0.4 is 0 Å². The van der Waals surface area contributed by atoms with Crippen molar-refractivity contribution in [1.82, 2.24) is 0 Å². The van der Waals surface area contributed by atoms with Crippen LogP contribution in [0.2, 0.25) is 0 Å². The second-order valence-electron chi connectivity index (χ2n) is 3.47. The summed E-state index contributed by atoms with van der Waals surface area (Å²) in [7, 11) is -7.44. The third-order valence-corrected chi connectivity index (χ3v) is 7.11. The van der Waals surface area contributed by atoms with Crippen molar-refractivity contribution in [3.05, 3.63) is 4.13 Å². The van der Waals surface area contributed by atoms with Crippen molar-refractivity contribution in [2.45, 2.75) is 36.2 Å². The van der Waals surface area contributed by atoms with E-state index in [1.54, 1.807) is 0 Å². The van der Waals surface area contributed by atoms with Gasteiger partial charge in [-0.1, -0.05) is 12.8 Å². The van der Waals surface area contributed by atoms with Crippen LogP contribution in [0.1, 0.15) is 25.7 Å². The molecule has 1 saturated carbocycles. The number of nitrogens with zero attached hydrogens (tertiary/aromatic N) is 1. The van der Waals surface area contributed by atoms with E-state index in [-0.39, 0.29) is 0 Å². The van der Waals surface area contributed by atoms with Gasteiger partial charge >= 0.3 is 0 Å². The molecule has 2 aliphatic rings. The Kier molecular flexibility index (Phi) is 1.94. The van der Waals surface area contributed by atoms with E-state index in [0.717, 1.165) is 12.8 Å². The molecule has 0 aromatic carbocycles. The minimum Gasteiger partial charge on any atom is -0.436 e. The summed E-state index contributed by atoms with van der Waals surface area (Å²) in [5, 5.41) is -1.52. The van der Waals surface area contributed by atoms with E-state index in [9.17, 15) is 16.8 Å². The number of fused-ring (bicyclic) bond motifs is 1. The van der Waals surface area contributed by atoms with Gasteiger partial charge in [0.15, 0.2) is 0 Å². The minimum atomic E-state index is -3.72. The molecule has 0 spiro atoms. The maximum Gasteiger partial charge on any atom is 0.0871 e. The van der Waals surface area contributed by atoms with Gasteiger partial charge in [0, 0.05) is 0 Å². The van der Waals surface area contributed by atoms with Gasteiger partial charge in [0.05, 0.1) is 30.5 Å². The average molecular weight is 224 g/mol. The van der Waals surface area contributed by atoms with Crippen LogP contribution in [-0.2, 0) is 20.0 Å². The van der Waals surface area contributed by atoms with Gasteiger partial charge in [-0.3, -0.25) is 0 Å². The highest BCUT2D eigenvalue weighted by molar-refractivity contribution is 8.16. The Balaban J connectivity index is 2.48. The van der Waals surface area contributed by atoms with E-state index in [2.05, 4.69) is 4.13 Å². The SMILES string of the molecule is O=S1(=O)[N-]S(=O)(=O)C2CCCCC21. The van der Waals surface area contributed by atoms with Crippen molar-refractivity contribution in [2.75, 3.05) is 0 Å². The van der Waals surface area contributed by atoms with Crippen LogP contribution in [0.4, 0.5) is 0 Å². The third kappa shape index (κ3) is 1.38. The van der Waals surface area contributed by atoms with Crippen molar-refractivity contribution < 1.29 is 16.8 Å². The Hall–Kier alpha value is -0.140. The zero-order valence-electron chi connectivity index (χ0n) is 6.88. The molecule has 7 heteroatoms. The molecule has 0 aromatic rings. The zero-order valence-corrected chi connectivity index (χ0v) is 8.51. The van der Waals surface area contributed by atoms with E-state index in [0.29, 0.717) is 12.8 Å². The number of hydrogen-bond acceptors (Lipinski definition) is 4. The van der Waals surface area contributed by atoms with Gasteiger partial charge in [0.25, 0.3) is 0 Å². The van der Waals surface area contributed by atoms with Gasteiger partial charge in [-0.05, 0) is 12.8 Å². The summed E-state index contributed by atoms with van der Waals surface area (Å²) in [5.41, 5.74) is 0. The highest BCUT2D eigenvalue weighted by atomic mass is 32.3. The lowest BCUT2D eigenvalue weighted by Crippen LogP contribution is -2.32. The van der Waals surface area contributed by atoms with Crippen LogP contribution in [0.15, 0.2) is 0 Å². The van der Waals surface area contributed by atoms with E-state index < -0.39 is 30.5 Å². The van der Waals surface area contributed by atoms with E-state index in [4.69, 9.17) is 0 Å². The van der Waals surface area contributed by atoms with E-state index >= 15 is 0 Å². The molecular formula is C6H10NO4S2-. The maximum absolute atomic E-state index is 11.3. The fraction of sp³-hybridized carbons (Fsp3) is 1.00. The summed E-state index contributed by atoms with van der Waals surface area (Å²) in [6, 6.07) is 0. The largest absolute Gasteiger partial charge is 0.436 e. The number of hydrogen-bond donors (Lipinski definition) is 0. The smallest absolute Gasteiger partial charge is 0.0871 e. The highest BCUT2D eigenvalue weighted by Crippen LogP contribution is 2.41. The predicted octanol–water partition coefficient (Wildman–Crippen LogP) is 0.345. The molecule has 0 aromatic heterocycles. The molecule has 0 bridgehead atoms. The van der Waals surface area contributed by atoms with Crippen molar-refractivity contribution >= 4 is 20.0 Å². The van der Waals surface area contributed by atoms with Gasteiger partial charge in [-0.2, -0.15) is 0 Å². The lowest BCUT2D eigenvalue weighted by Gasteiger charge is -2.23. The molecule has 2 atom stereocenters. The topological polar surface area (TPSA) is 82.4 Å². The molecule has 1 saturated heterocycles. The third-order valence-electron chi connectivity index (χ3n) is 2.61. The second kappa shape index (κ2) is 2.68. The Bertz CT molecular complexity index is 370. The fourth-order valence-electron chi connectivity index (χ4n) is 2.00. The van der Waals surface area contributed by atoms with Gasteiger partial charge < -0.3 is 4.13 Å². The van der Waals surface area contributed by atoms with Crippen molar-refractivity contribution in [1.29, 1.82) is 0 Å². The van der Waals surface area contributed by atoms with Gasteiger partial charge in [-0.25, -0.2) is 16.8 Å². The average Bonchev–Trinajstić information content (AvgIpc) is 2.20. The molecule has 0 amide bonds. The van der Waals surface area contributed by atoms with Crippen molar-refractivity contribution in [2.24, 2.45) is 0 Å². The normalized spacial score (nSPS) is 41.2. The summed E-state index contributed by atoms with van der Waals surface area (Å²) in [6.45, 7) is 0. The first-order valence-corrected chi connectivity index (χ1v) is 7.16. The van der Waals surface area contributed by atoms with Crippen LogP contribution in [0.25, 0.3) is 4.13 Å². The monoisotopic (exact) mass is 224 g/mol. The molecule has 2 rings (SSSR count). The lowest BCUT2D eigenvalue weighted by atomic mass is 10.00. The molecular weight excluding hydrogens is 214 g/mol. The molecule has 2 fully saturated rings. The second-order valence-corrected chi connectivity index (χ2v) is 7.33. The summed E-state index contributed by atoms with van der Waals surface area (Å²) in [6.07, 6.45) is 2.45. The van der Waals surface area contributed by atoms with Crippen LogP contribution in [0.5, 0.6) is 0 Å². The molecule has 1 heterocycles. The standard InChI is InChI=1S/C6H10NO4S2/c8-12(9)5-3-1-2-4-6(5)13(10,11)7-12/h5-6H,1-4H2/q-1. The number of sulfonamides is 2. The summed E-state index contributed by atoms with van der Waals surface area (Å²) in [5.74, 6) is 0. The Morgan fingerprint density at radius 3 is 1.62 bits per heavy atom. The van der Waals surface area contributed by atoms with Crippen LogP contribution in [-0.4, -0.2) is 27.3 Å². The first-order valence-electron chi connectivity index (χ1n) is 4.15. The van der Waals surface area contributed by atoms with Gasteiger partial charge in [-0.15, -0.1) is 0 Å². The molecule has 0 N–H and O–H groups in total. The molecule has 2 unspecified atom stereocenters. The maximum atomic E-state index is 11.3. The van der Waals surface area contributed by atoms with Crippen LogP contribution >= 0.6 is 0 Å². The van der Waals surface area contributed by atoms with Crippen LogP contribution in [0.3, 0.4) is 0 Å². The molecule has 76 valence electrons. The Morgan fingerprint density at radius 1 is 0.846 bits per heavy atom. The quantitative estimate of drug-likeness (QED) is 0.594. The lowest BCUT2D eigenvalue weighted by molar-refractivity contribution is 0.484. The van der Waals surface area contributed by atoms with Gasteiger partial charge in [0.2, 0.25) is 0 Å². The van der Waals surface area contributed by atoms with Crippen molar-refractivity contribution in [3.8, 4) is 0 Å². The first-order chi connectivity index (χ1) is 5.93. The highest BCUT2D eigenvalue weighted by Gasteiger charge is 2.43. The summed E-state index contributed by atoms with van der Waals surface area (Å²) < 4.78 is 48.0.